The van der Waals surface area contributed by atoms with Gasteiger partial charge in [0.05, 0.1) is 0 Å². The van der Waals surface area contributed by atoms with E-state index < -0.39 is 0 Å². The number of fused-ring (bicyclic) bond motifs is 1. The normalized spacial score (nSPS) is 12.7. The van der Waals surface area contributed by atoms with E-state index in [-0.39, 0.29) is 6.04 Å². The van der Waals surface area contributed by atoms with Crippen LogP contribution >= 0.6 is 38.9 Å². The molecule has 1 aromatic heterocycles. The molecule has 0 fully saturated rings. The van der Waals surface area contributed by atoms with Crippen LogP contribution in [-0.2, 0) is 6.42 Å². The van der Waals surface area contributed by atoms with Crippen LogP contribution in [0.4, 0.5) is 0 Å². The summed E-state index contributed by atoms with van der Waals surface area (Å²) in [5, 5.41) is 7.78. The van der Waals surface area contributed by atoms with Crippen LogP contribution in [0.15, 0.2) is 52.3 Å². The summed E-state index contributed by atoms with van der Waals surface area (Å²) in [5.41, 5.74) is 2.50. The van der Waals surface area contributed by atoms with Crippen LogP contribution in [0.5, 0.6) is 0 Å². The molecule has 0 aliphatic carbocycles. The molecule has 0 aliphatic heterocycles. The van der Waals surface area contributed by atoms with Crippen LogP contribution in [0.3, 0.4) is 0 Å². The molecule has 0 saturated heterocycles. The van der Waals surface area contributed by atoms with E-state index in [1.165, 1.54) is 15.6 Å². The van der Waals surface area contributed by atoms with Crippen molar-refractivity contribution < 1.29 is 0 Å². The fourth-order valence-corrected chi connectivity index (χ4v) is 4.16. The first kappa shape index (κ1) is 15.0. The lowest BCUT2D eigenvalue weighted by molar-refractivity contribution is 0.594. The Hall–Kier alpha value is -0.870. The average Bonchev–Trinajstić information content (AvgIpc) is 2.91. The van der Waals surface area contributed by atoms with Gasteiger partial charge in [0.2, 0.25) is 0 Å². The Balaban J connectivity index is 1.96. The molecule has 1 nitrogen and oxygen atoms in total. The zero-order valence-electron chi connectivity index (χ0n) is 11.6. The summed E-state index contributed by atoms with van der Waals surface area (Å²) < 4.78 is 2.39. The third-order valence-electron chi connectivity index (χ3n) is 3.67. The Kier molecular flexibility index (Phi) is 4.65. The van der Waals surface area contributed by atoms with Gasteiger partial charge in [-0.05, 0) is 59.6 Å². The van der Waals surface area contributed by atoms with Gasteiger partial charge >= 0.3 is 0 Å². The van der Waals surface area contributed by atoms with Crippen molar-refractivity contribution in [3.05, 3.63) is 68.5 Å². The molecule has 0 aliphatic rings. The maximum absolute atomic E-state index is 6.37. The van der Waals surface area contributed by atoms with Gasteiger partial charge in [-0.3, -0.25) is 0 Å². The number of halogens is 2. The molecule has 1 N–H and O–H groups in total. The largest absolute Gasteiger partial charge is 0.313 e. The van der Waals surface area contributed by atoms with Crippen LogP contribution < -0.4 is 5.32 Å². The molecule has 0 spiro atoms. The molecule has 21 heavy (non-hydrogen) atoms. The van der Waals surface area contributed by atoms with Gasteiger partial charge in [-0.2, -0.15) is 0 Å². The van der Waals surface area contributed by atoms with Gasteiger partial charge in [-0.25, -0.2) is 0 Å². The number of likely N-dealkylation sites (N-methyl/N-ethyl adjacent to an activating group) is 1. The summed E-state index contributed by atoms with van der Waals surface area (Å²) in [6.07, 6.45) is 0.927. The molecule has 0 radical (unpaired) electrons. The van der Waals surface area contributed by atoms with Gasteiger partial charge in [-0.1, -0.05) is 45.7 Å². The lowest BCUT2D eigenvalue weighted by Gasteiger charge is -2.18. The van der Waals surface area contributed by atoms with E-state index in [2.05, 4.69) is 57.0 Å². The highest BCUT2D eigenvalue weighted by Gasteiger charge is 2.16. The van der Waals surface area contributed by atoms with Crippen molar-refractivity contribution in [2.45, 2.75) is 12.5 Å². The fourth-order valence-electron chi connectivity index (χ4n) is 2.56. The summed E-state index contributed by atoms with van der Waals surface area (Å²) in [6.45, 7) is 0. The molecular formula is C17H15BrClNS. The number of hydrogen-bond acceptors (Lipinski definition) is 2. The first-order chi connectivity index (χ1) is 10.2. The molecule has 0 saturated carbocycles. The Morgan fingerprint density at radius 1 is 1.24 bits per heavy atom. The number of benzene rings is 2. The summed E-state index contributed by atoms with van der Waals surface area (Å²) in [6, 6.07) is 14.8. The molecule has 108 valence electrons. The Morgan fingerprint density at radius 2 is 2.05 bits per heavy atom. The van der Waals surface area contributed by atoms with Crippen molar-refractivity contribution in [3.63, 3.8) is 0 Å². The van der Waals surface area contributed by atoms with E-state index in [0.717, 1.165) is 21.5 Å². The predicted octanol–water partition coefficient (Wildman–Crippen LogP) is 5.82. The van der Waals surface area contributed by atoms with E-state index in [0.29, 0.717) is 0 Å². The highest BCUT2D eigenvalue weighted by Crippen LogP contribution is 2.32. The Labute approximate surface area is 142 Å². The monoisotopic (exact) mass is 379 g/mol. The molecule has 4 heteroatoms. The van der Waals surface area contributed by atoms with Crippen LogP contribution in [0.25, 0.3) is 10.1 Å². The molecule has 1 atom stereocenters. The van der Waals surface area contributed by atoms with Gasteiger partial charge in [0, 0.05) is 20.2 Å². The molecule has 3 aromatic rings. The van der Waals surface area contributed by atoms with Gasteiger partial charge in [0.1, 0.15) is 0 Å². The smallest absolute Gasteiger partial charge is 0.0454 e. The van der Waals surface area contributed by atoms with E-state index >= 15 is 0 Å². The van der Waals surface area contributed by atoms with E-state index in [1.54, 1.807) is 11.3 Å². The summed E-state index contributed by atoms with van der Waals surface area (Å²) in [5.74, 6) is 0. The summed E-state index contributed by atoms with van der Waals surface area (Å²) >= 11 is 11.7. The average molecular weight is 381 g/mol. The Morgan fingerprint density at radius 3 is 2.86 bits per heavy atom. The fraction of sp³-hybridized carbons (Fsp3) is 0.176. The number of nitrogens with one attached hydrogen (secondary N) is 1. The molecule has 3 rings (SSSR count). The maximum atomic E-state index is 6.37. The molecule has 0 amide bonds. The van der Waals surface area contributed by atoms with Gasteiger partial charge in [-0.15, -0.1) is 11.3 Å². The predicted molar refractivity (Wildman–Crippen MR) is 96.5 cm³/mol. The minimum absolute atomic E-state index is 0.202. The van der Waals surface area contributed by atoms with Crippen molar-refractivity contribution in [2.75, 3.05) is 7.05 Å². The molecule has 1 unspecified atom stereocenters. The van der Waals surface area contributed by atoms with Crippen LogP contribution in [-0.4, -0.2) is 7.05 Å². The second-order valence-corrected chi connectivity index (χ2v) is 7.20. The van der Waals surface area contributed by atoms with Crippen LogP contribution in [0, 0.1) is 0 Å². The first-order valence-corrected chi connectivity index (χ1v) is 8.81. The minimum Gasteiger partial charge on any atom is -0.313 e. The Bertz CT molecular complexity index is 768. The van der Waals surface area contributed by atoms with E-state index in [9.17, 15) is 0 Å². The van der Waals surface area contributed by atoms with Crippen molar-refractivity contribution in [1.82, 2.24) is 5.32 Å². The lowest BCUT2D eigenvalue weighted by atomic mass is 9.98. The minimum atomic E-state index is 0.202. The molecule has 0 bridgehead atoms. The molecule has 2 aromatic carbocycles. The number of hydrogen-bond donors (Lipinski definition) is 1. The molecular weight excluding hydrogens is 366 g/mol. The summed E-state index contributed by atoms with van der Waals surface area (Å²) in [4.78, 5) is 0. The van der Waals surface area contributed by atoms with E-state index in [1.807, 2.05) is 19.2 Å². The zero-order chi connectivity index (χ0) is 14.8. The summed E-state index contributed by atoms with van der Waals surface area (Å²) in [7, 11) is 1.98. The number of thiophene rings is 1. The van der Waals surface area contributed by atoms with Crippen LogP contribution in [0.1, 0.15) is 17.2 Å². The molecule has 1 heterocycles. The highest BCUT2D eigenvalue weighted by molar-refractivity contribution is 9.10. The maximum Gasteiger partial charge on any atom is 0.0454 e. The van der Waals surface area contributed by atoms with Gasteiger partial charge in [0.25, 0.3) is 0 Å². The van der Waals surface area contributed by atoms with Crippen molar-refractivity contribution in [2.24, 2.45) is 0 Å². The highest BCUT2D eigenvalue weighted by atomic mass is 79.9. The third kappa shape index (κ3) is 3.16. The standard InChI is InChI=1S/C17H15BrClNS/c1-20-16(14-9-12(18)6-7-15(14)19)8-11-10-21-17-5-3-2-4-13(11)17/h2-7,9-10,16,20H,8H2,1H3. The second kappa shape index (κ2) is 6.49. The van der Waals surface area contributed by atoms with Crippen molar-refractivity contribution in [1.29, 1.82) is 0 Å². The lowest BCUT2D eigenvalue weighted by Crippen LogP contribution is -2.19. The van der Waals surface area contributed by atoms with Crippen LogP contribution in [0.2, 0.25) is 5.02 Å². The topological polar surface area (TPSA) is 12.0 Å². The van der Waals surface area contributed by atoms with Crippen molar-refractivity contribution in [3.8, 4) is 0 Å². The van der Waals surface area contributed by atoms with Gasteiger partial charge in [0.15, 0.2) is 0 Å². The third-order valence-corrected chi connectivity index (χ3v) is 5.52. The zero-order valence-corrected chi connectivity index (χ0v) is 14.7. The SMILES string of the molecule is CNC(Cc1csc2ccccc12)c1cc(Br)ccc1Cl. The van der Waals surface area contributed by atoms with E-state index in [4.69, 9.17) is 11.6 Å². The van der Waals surface area contributed by atoms with Crippen molar-refractivity contribution >= 4 is 49.0 Å². The second-order valence-electron chi connectivity index (χ2n) is 4.97. The first-order valence-electron chi connectivity index (χ1n) is 6.76. The number of rotatable bonds is 4. The quantitative estimate of drug-likeness (QED) is 0.601. The van der Waals surface area contributed by atoms with Gasteiger partial charge < -0.3 is 5.32 Å².